The van der Waals surface area contributed by atoms with Crippen LogP contribution in [0, 0.1) is 5.92 Å². The predicted octanol–water partition coefficient (Wildman–Crippen LogP) is 1.90. The number of ether oxygens (including phenoxy) is 1. The molecule has 0 aliphatic heterocycles. The van der Waals surface area contributed by atoms with Crippen LogP contribution in [0.5, 0.6) is 0 Å². The zero-order chi connectivity index (χ0) is 12.6. The minimum absolute atomic E-state index is 0.104. The summed E-state index contributed by atoms with van der Waals surface area (Å²) in [4.78, 5) is 34.0. The summed E-state index contributed by atoms with van der Waals surface area (Å²) < 4.78 is 4.76. The molecular formula is C12H20O4. The molecule has 0 rings (SSSR count). The van der Waals surface area contributed by atoms with Gasteiger partial charge >= 0.3 is 5.97 Å². The van der Waals surface area contributed by atoms with Gasteiger partial charge in [0.1, 0.15) is 24.1 Å². The van der Waals surface area contributed by atoms with E-state index in [1.807, 2.05) is 13.8 Å². The summed E-state index contributed by atoms with van der Waals surface area (Å²) >= 11 is 0. The summed E-state index contributed by atoms with van der Waals surface area (Å²) in [6.07, 6.45) is 2.13. The van der Waals surface area contributed by atoms with Crippen LogP contribution in [-0.4, -0.2) is 24.1 Å². The van der Waals surface area contributed by atoms with E-state index in [1.54, 1.807) is 0 Å². The maximum atomic E-state index is 11.7. The van der Waals surface area contributed by atoms with Gasteiger partial charge in [0.15, 0.2) is 0 Å². The van der Waals surface area contributed by atoms with Gasteiger partial charge in [-0.15, -0.1) is 0 Å². The highest BCUT2D eigenvalue weighted by Crippen LogP contribution is 2.10. The van der Waals surface area contributed by atoms with Gasteiger partial charge in [-0.1, -0.05) is 13.8 Å². The lowest BCUT2D eigenvalue weighted by Gasteiger charge is -2.13. The minimum atomic E-state index is -0.760. The second-order valence-electron chi connectivity index (χ2n) is 3.79. The van der Waals surface area contributed by atoms with Crippen molar-refractivity contribution in [3.8, 4) is 0 Å². The summed E-state index contributed by atoms with van der Waals surface area (Å²) in [5, 5.41) is 0. The Morgan fingerprint density at radius 3 is 1.75 bits per heavy atom. The fourth-order valence-electron chi connectivity index (χ4n) is 1.41. The maximum absolute atomic E-state index is 11.7. The molecule has 0 N–H and O–H groups in total. The highest BCUT2D eigenvalue weighted by molar-refractivity contribution is 6.02. The lowest BCUT2D eigenvalue weighted by Crippen LogP contribution is -2.29. The van der Waals surface area contributed by atoms with Crippen LogP contribution in [0.1, 0.15) is 46.5 Å². The van der Waals surface area contributed by atoms with Crippen LogP contribution in [0.3, 0.4) is 0 Å². The van der Waals surface area contributed by atoms with Crippen LogP contribution in [-0.2, 0) is 19.1 Å². The molecule has 4 heteroatoms. The zero-order valence-corrected chi connectivity index (χ0v) is 10.2. The molecule has 0 radical (unpaired) electrons. The molecule has 0 saturated heterocycles. The average molecular weight is 228 g/mol. The number of hydrogen-bond acceptors (Lipinski definition) is 4. The zero-order valence-electron chi connectivity index (χ0n) is 10.2. The van der Waals surface area contributed by atoms with Crippen molar-refractivity contribution in [2.45, 2.75) is 46.5 Å². The first-order valence-corrected chi connectivity index (χ1v) is 5.71. The molecule has 0 aliphatic carbocycles. The van der Waals surface area contributed by atoms with E-state index >= 15 is 0 Å². The predicted molar refractivity (Wildman–Crippen MR) is 60.0 cm³/mol. The molecule has 16 heavy (non-hydrogen) atoms. The molecule has 0 aromatic carbocycles. The van der Waals surface area contributed by atoms with E-state index in [0.717, 1.165) is 0 Å². The Bertz CT molecular complexity index is 240. The van der Waals surface area contributed by atoms with Crippen molar-refractivity contribution in [1.82, 2.24) is 0 Å². The number of ketones is 2. The Labute approximate surface area is 96.4 Å². The van der Waals surface area contributed by atoms with Gasteiger partial charge < -0.3 is 4.74 Å². The third-order valence-corrected chi connectivity index (χ3v) is 2.22. The van der Waals surface area contributed by atoms with E-state index in [4.69, 9.17) is 4.74 Å². The Morgan fingerprint density at radius 1 is 1.00 bits per heavy atom. The van der Waals surface area contributed by atoms with Crippen molar-refractivity contribution in [3.63, 3.8) is 0 Å². The molecule has 0 heterocycles. The third-order valence-electron chi connectivity index (χ3n) is 2.22. The van der Waals surface area contributed by atoms with Crippen molar-refractivity contribution < 1.29 is 19.1 Å². The molecule has 0 amide bonds. The van der Waals surface area contributed by atoms with Gasteiger partial charge in [0.25, 0.3) is 0 Å². The second-order valence-corrected chi connectivity index (χ2v) is 3.79. The van der Waals surface area contributed by atoms with Gasteiger partial charge in [-0.05, 0) is 12.8 Å². The van der Waals surface area contributed by atoms with Crippen LogP contribution >= 0.6 is 0 Å². The van der Waals surface area contributed by atoms with Crippen LogP contribution in [0.25, 0.3) is 0 Å². The van der Waals surface area contributed by atoms with E-state index < -0.39 is 11.9 Å². The van der Waals surface area contributed by atoms with Crippen molar-refractivity contribution in [2.24, 2.45) is 5.92 Å². The SMILES string of the molecule is CCCC(=O)C(COC(C)=O)C(=O)CCC. The van der Waals surface area contributed by atoms with Gasteiger partial charge in [0.05, 0.1) is 0 Å². The fourth-order valence-corrected chi connectivity index (χ4v) is 1.41. The van der Waals surface area contributed by atoms with Gasteiger partial charge in [0.2, 0.25) is 0 Å². The molecule has 0 aliphatic rings. The van der Waals surface area contributed by atoms with E-state index in [2.05, 4.69) is 0 Å². The first-order valence-electron chi connectivity index (χ1n) is 5.71. The Morgan fingerprint density at radius 2 is 1.44 bits per heavy atom. The summed E-state index contributed by atoms with van der Waals surface area (Å²) in [6, 6.07) is 0. The molecule has 0 fully saturated rings. The quantitative estimate of drug-likeness (QED) is 0.470. The van der Waals surface area contributed by atoms with Crippen LogP contribution < -0.4 is 0 Å². The maximum Gasteiger partial charge on any atom is 0.302 e. The van der Waals surface area contributed by atoms with Crippen molar-refractivity contribution in [1.29, 1.82) is 0 Å². The Balaban J connectivity index is 4.42. The van der Waals surface area contributed by atoms with Gasteiger partial charge in [-0.2, -0.15) is 0 Å². The van der Waals surface area contributed by atoms with E-state index in [1.165, 1.54) is 6.92 Å². The number of carbonyl (C=O) groups excluding carboxylic acids is 3. The monoisotopic (exact) mass is 228 g/mol. The van der Waals surface area contributed by atoms with E-state index in [0.29, 0.717) is 25.7 Å². The lowest BCUT2D eigenvalue weighted by molar-refractivity contribution is -0.146. The molecule has 0 unspecified atom stereocenters. The Hall–Kier alpha value is -1.19. The molecule has 4 nitrogen and oxygen atoms in total. The molecule has 0 bridgehead atoms. The molecule has 0 atom stereocenters. The number of Topliss-reactive ketones (excluding diaryl/α,β-unsaturated/α-hetero) is 2. The number of rotatable bonds is 8. The number of carbonyl (C=O) groups is 3. The van der Waals surface area contributed by atoms with Gasteiger partial charge in [-0.3, -0.25) is 14.4 Å². The standard InChI is InChI=1S/C12H20O4/c1-4-6-11(14)10(8-16-9(3)13)12(15)7-5-2/h10H,4-8H2,1-3H3. The first kappa shape index (κ1) is 14.8. The van der Waals surface area contributed by atoms with E-state index in [-0.39, 0.29) is 18.2 Å². The molecule has 0 aromatic rings. The summed E-state index contributed by atoms with van der Waals surface area (Å²) in [7, 11) is 0. The summed E-state index contributed by atoms with van der Waals surface area (Å²) in [5.74, 6) is -1.47. The highest BCUT2D eigenvalue weighted by Gasteiger charge is 2.25. The fraction of sp³-hybridized carbons (Fsp3) is 0.750. The molecule has 0 aromatic heterocycles. The van der Waals surface area contributed by atoms with Crippen LogP contribution in [0.15, 0.2) is 0 Å². The summed E-state index contributed by atoms with van der Waals surface area (Å²) in [5.41, 5.74) is 0. The third kappa shape index (κ3) is 5.63. The first-order chi connectivity index (χ1) is 7.52. The van der Waals surface area contributed by atoms with Gasteiger partial charge in [0, 0.05) is 19.8 Å². The smallest absolute Gasteiger partial charge is 0.302 e. The second kappa shape index (κ2) is 8.02. The van der Waals surface area contributed by atoms with Crippen LogP contribution in [0.4, 0.5) is 0 Å². The van der Waals surface area contributed by atoms with Crippen molar-refractivity contribution >= 4 is 17.5 Å². The molecular weight excluding hydrogens is 208 g/mol. The topological polar surface area (TPSA) is 60.4 Å². The average Bonchev–Trinajstić information content (AvgIpc) is 2.18. The lowest BCUT2D eigenvalue weighted by atomic mass is 9.94. The van der Waals surface area contributed by atoms with Crippen LogP contribution in [0.2, 0.25) is 0 Å². The van der Waals surface area contributed by atoms with E-state index in [9.17, 15) is 14.4 Å². The van der Waals surface area contributed by atoms with Crippen molar-refractivity contribution in [2.75, 3.05) is 6.61 Å². The Kier molecular flexibility index (Phi) is 7.42. The highest BCUT2D eigenvalue weighted by atomic mass is 16.5. The number of esters is 1. The minimum Gasteiger partial charge on any atom is -0.465 e. The molecule has 92 valence electrons. The van der Waals surface area contributed by atoms with Crippen molar-refractivity contribution in [3.05, 3.63) is 0 Å². The largest absolute Gasteiger partial charge is 0.465 e. The molecule has 0 spiro atoms. The normalized spacial score (nSPS) is 10.2. The number of hydrogen-bond donors (Lipinski definition) is 0. The van der Waals surface area contributed by atoms with Gasteiger partial charge in [-0.25, -0.2) is 0 Å². The summed E-state index contributed by atoms with van der Waals surface area (Å²) in [6.45, 7) is 4.93. The molecule has 0 saturated carbocycles.